The molecule has 7 aromatic carbocycles. The van der Waals surface area contributed by atoms with Crippen molar-refractivity contribution in [1.82, 2.24) is 15.0 Å². The lowest BCUT2D eigenvalue weighted by Gasteiger charge is -2.09. The molecule has 9 aromatic rings. The van der Waals surface area contributed by atoms with Crippen molar-refractivity contribution in [2.45, 2.75) is 0 Å². The van der Waals surface area contributed by atoms with E-state index in [1.165, 1.54) is 47.3 Å². The molecule has 9 rings (SSSR count). The maximum Gasteiger partial charge on any atom is 0.164 e. The van der Waals surface area contributed by atoms with Gasteiger partial charge in [0, 0.05) is 42.2 Å². The molecule has 0 unspecified atom stereocenters. The molecule has 0 radical (unpaired) electrons. The molecule has 4 heteroatoms. The van der Waals surface area contributed by atoms with Gasteiger partial charge in [-0.05, 0) is 33.4 Å². The number of thiophene rings is 1. The van der Waals surface area contributed by atoms with Gasteiger partial charge in [-0.25, -0.2) is 15.0 Å². The summed E-state index contributed by atoms with van der Waals surface area (Å²) in [6.45, 7) is 0. The highest BCUT2D eigenvalue weighted by Gasteiger charge is 2.15. The SMILES string of the molecule is c1ccc(-c2ccc(-c3nc(-c4ccccc4)nc(-c4ccc5c(c4)sc4c5ccc5ccc6ccccc6c54)n3)cc2)cc1. The zero-order valence-electron chi connectivity index (χ0n) is 24.2. The van der Waals surface area contributed by atoms with Crippen LogP contribution in [0.1, 0.15) is 0 Å². The number of aromatic nitrogens is 3. The van der Waals surface area contributed by atoms with Gasteiger partial charge in [0.05, 0.1) is 0 Å². The summed E-state index contributed by atoms with van der Waals surface area (Å²) >= 11 is 1.84. The lowest BCUT2D eigenvalue weighted by atomic mass is 9.99. The third-order valence-corrected chi connectivity index (χ3v) is 9.71. The molecule has 0 aliphatic heterocycles. The number of fused-ring (bicyclic) bond motifs is 7. The fraction of sp³-hybridized carbons (Fsp3) is 0. The molecular formula is C41H25N3S. The van der Waals surface area contributed by atoms with Crippen molar-refractivity contribution in [2.75, 3.05) is 0 Å². The van der Waals surface area contributed by atoms with Crippen LogP contribution in [0.3, 0.4) is 0 Å². The molecule has 0 spiro atoms. The predicted molar refractivity (Wildman–Crippen MR) is 189 cm³/mol. The summed E-state index contributed by atoms with van der Waals surface area (Å²) in [6, 6.07) is 53.2. The lowest BCUT2D eigenvalue weighted by Crippen LogP contribution is -2.00. The van der Waals surface area contributed by atoms with Crippen LogP contribution in [0.2, 0.25) is 0 Å². The first-order valence-electron chi connectivity index (χ1n) is 15.0. The summed E-state index contributed by atoms with van der Waals surface area (Å²) in [5, 5.41) is 7.67. The van der Waals surface area contributed by atoms with Gasteiger partial charge in [0.2, 0.25) is 0 Å². The zero-order valence-corrected chi connectivity index (χ0v) is 25.0. The Morgan fingerprint density at radius 3 is 1.62 bits per heavy atom. The van der Waals surface area contributed by atoms with Gasteiger partial charge in [0.15, 0.2) is 17.5 Å². The van der Waals surface area contributed by atoms with E-state index in [-0.39, 0.29) is 0 Å². The van der Waals surface area contributed by atoms with Crippen LogP contribution in [0.4, 0.5) is 0 Å². The molecule has 0 saturated heterocycles. The molecular weight excluding hydrogens is 567 g/mol. The van der Waals surface area contributed by atoms with E-state index in [0.717, 1.165) is 22.3 Å². The van der Waals surface area contributed by atoms with Crippen molar-refractivity contribution in [1.29, 1.82) is 0 Å². The minimum atomic E-state index is 0.660. The van der Waals surface area contributed by atoms with Gasteiger partial charge in [-0.3, -0.25) is 0 Å². The van der Waals surface area contributed by atoms with Crippen LogP contribution >= 0.6 is 11.3 Å². The van der Waals surface area contributed by atoms with Gasteiger partial charge < -0.3 is 0 Å². The van der Waals surface area contributed by atoms with Crippen molar-refractivity contribution < 1.29 is 0 Å². The highest BCUT2D eigenvalue weighted by atomic mass is 32.1. The van der Waals surface area contributed by atoms with E-state index in [2.05, 4.69) is 115 Å². The Labute approximate surface area is 264 Å². The van der Waals surface area contributed by atoms with Crippen molar-refractivity contribution in [3.63, 3.8) is 0 Å². The maximum atomic E-state index is 5.04. The number of rotatable bonds is 4. The molecule has 0 aliphatic rings. The van der Waals surface area contributed by atoms with Crippen LogP contribution < -0.4 is 0 Å². The van der Waals surface area contributed by atoms with Crippen molar-refractivity contribution in [3.8, 4) is 45.3 Å². The monoisotopic (exact) mass is 591 g/mol. The lowest BCUT2D eigenvalue weighted by molar-refractivity contribution is 1.07. The van der Waals surface area contributed by atoms with Gasteiger partial charge >= 0.3 is 0 Å². The molecule has 2 aromatic heterocycles. The molecule has 0 bridgehead atoms. The van der Waals surface area contributed by atoms with Crippen LogP contribution in [0.15, 0.2) is 152 Å². The van der Waals surface area contributed by atoms with Crippen LogP contribution in [0, 0.1) is 0 Å². The van der Waals surface area contributed by atoms with Crippen LogP contribution in [0.25, 0.3) is 87.0 Å². The summed E-state index contributed by atoms with van der Waals surface area (Å²) < 4.78 is 2.54. The summed E-state index contributed by atoms with van der Waals surface area (Å²) in [4.78, 5) is 15.0. The average molecular weight is 592 g/mol. The molecule has 210 valence electrons. The minimum absolute atomic E-state index is 0.660. The molecule has 0 N–H and O–H groups in total. The first kappa shape index (κ1) is 25.8. The minimum Gasteiger partial charge on any atom is -0.208 e. The fourth-order valence-electron chi connectivity index (χ4n) is 6.25. The topological polar surface area (TPSA) is 38.7 Å². The third-order valence-electron chi connectivity index (χ3n) is 8.52. The Balaban J connectivity index is 1.21. The van der Waals surface area contributed by atoms with Crippen LogP contribution in [-0.2, 0) is 0 Å². The van der Waals surface area contributed by atoms with Gasteiger partial charge in [-0.2, -0.15) is 0 Å². The maximum absolute atomic E-state index is 5.04. The second-order valence-corrected chi connectivity index (χ2v) is 12.3. The fourth-order valence-corrected chi connectivity index (χ4v) is 7.57. The van der Waals surface area contributed by atoms with E-state index in [9.17, 15) is 0 Å². The standard InChI is InChI=1S/C41H25N3S/c1-3-9-26(10-4-1)27-15-19-31(20-16-27)40-42-39(30-12-5-2-6-13-30)43-41(44-40)32-22-23-34-35-24-21-29-18-17-28-11-7-8-14-33(28)37(29)38(35)45-36(34)25-32/h1-25H. The summed E-state index contributed by atoms with van der Waals surface area (Å²) in [6.07, 6.45) is 0. The molecule has 2 heterocycles. The number of hydrogen-bond acceptors (Lipinski definition) is 4. The molecule has 0 fully saturated rings. The quantitative estimate of drug-likeness (QED) is 0.191. The molecule has 45 heavy (non-hydrogen) atoms. The van der Waals surface area contributed by atoms with Gasteiger partial charge in [0.25, 0.3) is 0 Å². The van der Waals surface area contributed by atoms with E-state index >= 15 is 0 Å². The second-order valence-electron chi connectivity index (χ2n) is 11.3. The van der Waals surface area contributed by atoms with Gasteiger partial charge in [-0.15, -0.1) is 11.3 Å². The Kier molecular flexibility index (Phi) is 6.00. The van der Waals surface area contributed by atoms with E-state index < -0.39 is 0 Å². The second kappa shape index (κ2) is 10.5. The highest BCUT2D eigenvalue weighted by Crippen LogP contribution is 2.42. The van der Waals surface area contributed by atoms with Crippen molar-refractivity contribution in [3.05, 3.63) is 152 Å². The third kappa shape index (κ3) is 4.46. The smallest absolute Gasteiger partial charge is 0.164 e. The Morgan fingerprint density at radius 1 is 0.356 bits per heavy atom. The van der Waals surface area contributed by atoms with Gasteiger partial charge in [0.1, 0.15) is 0 Å². The molecule has 0 atom stereocenters. The Bertz CT molecular complexity index is 2520. The van der Waals surface area contributed by atoms with E-state index in [4.69, 9.17) is 15.0 Å². The van der Waals surface area contributed by atoms with Crippen molar-refractivity contribution in [2.24, 2.45) is 0 Å². The van der Waals surface area contributed by atoms with E-state index in [1.54, 1.807) is 0 Å². The molecule has 3 nitrogen and oxygen atoms in total. The molecule has 0 saturated carbocycles. The first-order chi connectivity index (χ1) is 22.3. The summed E-state index contributed by atoms with van der Waals surface area (Å²) in [7, 11) is 0. The van der Waals surface area contributed by atoms with E-state index in [0.29, 0.717) is 17.5 Å². The van der Waals surface area contributed by atoms with E-state index in [1.807, 2.05) is 47.7 Å². The first-order valence-corrected chi connectivity index (χ1v) is 15.8. The number of hydrogen-bond donors (Lipinski definition) is 0. The van der Waals surface area contributed by atoms with Crippen LogP contribution in [-0.4, -0.2) is 15.0 Å². The normalized spacial score (nSPS) is 11.6. The Hall–Kier alpha value is -5.71. The highest BCUT2D eigenvalue weighted by molar-refractivity contribution is 7.26. The predicted octanol–water partition coefficient (Wildman–Crippen LogP) is 11.2. The summed E-state index contributed by atoms with van der Waals surface area (Å²) in [5.74, 6) is 1.99. The average Bonchev–Trinajstić information content (AvgIpc) is 3.50. The van der Waals surface area contributed by atoms with Crippen LogP contribution in [0.5, 0.6) is 0 Å². The largest absolute Gasteiger partial charge is 0.208 e. The van der Waals surface area contributed by atoms with Gasteiger partial charge in [-0.1, -0.05) is 146 Å². The molecule has 0 amide bonds. The Morgan fingerprint density at radius 2 is 0.867 bits per heavy atom. The number of benzene rings is 7. The summed E-state index contributed by atoms with van der Waals surface area (Å²) in [5.41, 5.74) is 5.24. The zero-order chi connectivity index (χ0) is 29.7. The molecule has 0 aliphatic carbocycles. The number of nitrogens with zero attached hydrogens (tertiary/aromatic N) is 3. The van der Waals surface area contributed by atoms with Crippen molar-refractivity contribution >= 4 is 53.1 Å².